The molecule has 0 spiro atoms. The Bertz CT molecular complexity index is 547. The topological polar surface area (TPSA) is 68.8 Å². The summed E-state index contributed by atoms with van der Waals surface area (Å²) in [6.07, 6.45) is 6.52. The first kappa shape index (κ1) is 13.5. The van der Waals surface area contributed by atoms with Crippen LogP contribution in [0.1, 0.15) is 36.2 Å². The van der Waals surface area contributed by atoms with Gasteiger partial charge >= 0.3 is 0 Å². The van der Waals surface area contributed by atoms with Gasteiger partial charge in [-0.1, -0.05) is 6.92 Å². The molecule has 0 amide bonds. The van der Waals surface area contributed by atoms with Crippen LogP contribution in [0.15, 0.2) is 24.8 Å². The zero-order chi connectivity index (χ0) is 13.8. The number of anilines is 1. The molecule has 1 unspecified atom stereocenters. The average Bonchev–Trinajstić information content (AvgIpc) is 2.80. The number of aromatic nitrogens is 3. The molecule has 0 aliphatic carbocycles. The Morgan fingerprint density at radius 1 is 1.42 bits per heavy atom. The molecule has 0 fully saturated rings. The Morgan fingerprint density at radius 3 is 2.84 bits per heavy atom. The van der Waals surface area contributed by atoms with Gasteiger partial charge in [-0.05, 0) is 31.5 Å². The van der Waals surface area contributed by atoms with Gasteiger partial charge in [0.2, 0.25) is 0 Å². The molecule has 2 heterocycles. The molecule has 5 heteroatoms. The van der Waals surface area contributed by atoms with Crippen LogP contribution < -0.4 is 11.1 Å². The number of nitrogens with one attached hydrogen (secondary N) is 1. The lowest BCUT2D eigenvalue weighted by atomic mass is 10.0. The van der Waals surface area contributed by atoms with Crippen molar-refractivity contribution in [2.24, 2.45) is 7.05 Å². The van der Waals surface area contributed by atoms with E-state index in [4.69, 9.17) is 5.73 Å². The molecule has 2 aromatic rings. The number of nitrogen functional groups attached to an aromatic ring is 1. The van der Waals surface area contributed by atoms with Crippen LogP contribution in [0.25, 0.3) is 0 Å². The van der Waals surface area contributed by atoms with Crippen molar-refractivity contribution in [1.82, 2.24) is 19.9 Å². The molecule has 1 atom stereocenters. The van der Waals surface area contributed by atoms with Gasteiger partial charge in [0.25, 0.3) is 0 Å². The summed E-state index contributed by atoms with van der Waals surface area (Å²) in [7, 11) is 1.99. The number of rotatable bonds is 5. The Balaban J connectivity index is 2.42. The predicted octanol–water partition coefficient (Wildman–Crippen LogP) is 1.79. The standard InChI is InChI=1S/C14H21N5/c1-4-5-17-13(12-8-16-9-19(12)3)11-6-10(2)7-18-14(11)15/h6-9,13,17H,4-5H2,1-3H3,(H2,15,18). The lowest BCUT2D eigenvalue weighted by Gasteiger charge is -2.21. The Labute approximate surface area is 113 Å². The van der Waals surface area contributed by atoms with Crippen LogP contribution in [-0.4, -0.2) is 21.1 Å². The largest absolute Gasteiger partial charge is 0.383 e. The molecule has 0 saturated carbocycles. The molecule has 2 rings (SSSR count). The highest BCUT2D eigenvalue weighted by Crippen LogP contribution is 2.25. The lowest BCUT2D eigenvalue weighted by Crippen LogP contribution is -2.26. The van der Waals surface area contributed by atoms with Crippen molar-refractivity contribution in [2.45, 2.75) is 26.3 Å². The van der Waals surface area contributed by atoms with E-state index in [0.29, 0.717) is 5.82 Å². The Morgan fingerprint density at radius 2 is 2.21 bits per heavy atom. The molecule has 19 heavy (non-hydrogen) atoms. The Hall–Kier alpha value is -1.88. The fraction of sp³-hybridized carbons (Fsp3) is 0.429. The number of aryl methyl sites for hydroxylation is 2. The minimum Gasteiger partial charge on any atom is -0.383 e. The molecule has 0 aliphatic heterocycles. The first-order chi connectivity index (χ1) is 9.13. The van der Waals surface area contributed by atoms with Crippen LogP contribution >= 0.6 is 0 Å². The average molecular weight is 259 g/mol. The molecule has 2 aromatic heterocycles. The van der Waals surface area contributed by atoms with Crippen molar-refractivity contribution in [1.29, 1.82) is 0 Å². The summed E-state index contributed by atoms with van der Waals surface area (Å²) < 4.78 is 2.01. The van der Waals surface area contributed by atoms with Crippen molar-refractivity contribution in [3.63, 3.8) is 0 Å². The van der Waals surface area contributed by atoms with E-state index in [9.17, 15) is 0 Å². The molecule has 0 saturated heterocycles. The zero-order valence-corrected chi connectivity index (χ0v) is 11.7. The van der Waals surface area contributed by atoms with Crippen LogP contribution in [0.4, 0.5) is 5.82 Å². The van der Waals surface area contributed by atoms with E-state index in [1.54, 1.807) is 12.5 Å². The van der Waals surface area contributed by atoms with E-state index in [1.165, 1.54) is 0 Å². The first-order valence-corrected chi connectivity index (χ1v) is 6.55. The van der Waals surface area contributed by atoms with Crippen molar-refractivity contribution in [2.75, 3.05) is 12.3 Å². The van der Waals surface area contributed by atoms with E-state index in [1.807, 2.05) is 24.7 Å². The molecule has 5 nitrogen and oxygen atoms in total. The fourth-order valence-corrected chi connectivity index (χ4v) is 2.14. The van der Waals surface area contributed by atoms with Gasteiger partial charge in [-0.2, -0.15) is 0 Å². The van der Waals surface area contributed by atoms with Crippen LogP contribution in [0.5, 0.6) is 0 Å². The third-order valence-corrected chi connectivity index (χ3v) is 3.15. The normalized spacial score (nSPS) is 12.6. The molecule has 0 aromatic carbocycles. The summed E-state index contributed by atoms with van der Waals surface area (Å²) in [4.78, 5) is 8.45. The number of hydrogen-bond acceptors (Lipinski definition) is 4. The summed E-state index contributed by atoms with van der Waals surface area (Å²) in [5, 5.41) is 3.52. The van der Waals surface area contributed by atoms with Crippen LogP contribution in [-0.2, 0) is 7.05 Å². The maximum absolute atomic E-state index is 6.04. The second-order valence-electron chi connectivity index (χ2n) is 4.80. The molecule has 0 radical (unpaired) electrons. The van der Waals surface area contributed by atoms with Gasteiger partial charge in [-0.15, -0.1) is 0 Å². The lowest BCUT2D eigenvalue weighted by molar-refractivity contribution is 0.569. The van der Waals surface area contributed by atoms with Crippen molar-refractivity contribution in [3.8, 4) is 0 Å². The van der Waals surface area contributed by atoms with Crippen LogP contribution in [0.3, 0.4) is 0 Å². The van der Waals surface area contributed by atoms with Gasteiger partial charge in [0.1, 0.15) is 5.82 Å². The van der Waals surface area contributed by atoms with Gasteiger partial charge in [-0.25, -0.2) is 9.97 Å². The fourth-order valence-electron chi connectivity index (χ4n) is 2.14. The summed E-state index contributed by atoms with van der Waals surface area (Å²) in [6.45, 7) is 5.09. The van der Waals surface area contributed by atoms with Gasteiger partial charge in [0, 0.05) is 18.8 Å². The predicted molar refractivity (Wildman–Crippen MR) is 76.7 cm³/mol. The molecule has 102 valence electrons. The number of pyridine rings is 1. The van der Waals surface area contributed by atoms with Gasteiger partial charge in [-0.3, -0.25) is 0 Å². The van der Waals surface area contributed by atoms with Crippen LogP contribution in [0.2, 0.25) is 0 Å². The maximum atomic E-state index is 6.04. The highest BCUT2D eigenvalue weighted by atomic mass is 15.1. The third-order valence-electron chi connectivity index (χ3n) is 3.15. The summed E-state index contributed by atoms with van der Waals surface area (Å²) >= 11 is 0. The second-order valence-corrected chi connectivity index (χ2v) is 4.80. The van der Waals surface area contributed by atoms with Crippen LogP contribution in [0, 0.1) is 6.92 Å². The Kier molecular flexibility index (Phi) is 4.16. The molecule has 0 aliphatic rings. The van der Waals surface area contributed by atoms with Crippen molar-refractivity contribution >= 4 is 5.82 Å². The highest BCUT2D eigenvalue weighted by molar-refractivity contribution is 5.46. The van der Waals surface area contributed by atoms with E-state index in [-0.39, 0.29) is 6.04 Å². The maximum Gasteiger partial charge on any atom is 0.128 e. The quantitative estimate of drug-likeness (QED) is 0.859. The van der Waals surface area contributed by atoms with Gasteiger partial charge < -0.3 is 15.6 Å². The summed E-state index contributed by atoms with van der Waals surface area (Å²) in [5.74, 6) is 0.570. The third kappa shape index (κ3) is 2.93. The molecular formula is C14H21N5. The monoisotopic (exact) mass is 259 g/mol. The zero-order valence-electron chi connectivity index (χ0n) is 11.7. The second kappa shape index (κ2) is 5.84. The highest BCUT2D eigenvalue weighted by Gasteiger charge is 2.19. The first-order valence-electron chi connectivity index (χ1n) is 6.55. The van der Waals surface area contributed by atoms with E-state index in [0.717, 1.165) is 29.8 Å². The van der Waals surface area contributed by atoms with Crippen molar-refractivity contribution < 1.29 is 0 Å². The number of nitrogens with zero attached hydrogens (tertiary/aromatic N) is 3. The minimum absolute atomic E-state index is 0.0276. The van der Waals surface area contributed by atoms with E-state index >= 15 is 0 Å². The van der Waals surface area contributed by atoms with E-state index in [2.05, 4.69) is 28.3 Å². The molecule has 0 bridgehead atoms. The SMILES string of the molecule is CCCNC(c1cc(C)cnc1N)c1cncn1C. The molecule has 3 N–H and O–H groups in total. The number of imidazole rings is 1. The number of nitrogens with two attached hydrogens (primary N) is 1. The molecular weight excluding hydrogens is 238 g/mol. The minimum atomic E-state index is 0.0276. The van der Waals surface area contributed by atoms with E-state index < -0.39 is 0 Å². The summed E-state index contributed by atoms with van der Waals surface area (Å²) in [6, 6.07) is 2.11. The van der Waals surface area contributed by atoms with Gasteiger partial charge in [0.05, 0.1) is 24.3 Å². The summed E-state index contributed by atoms with van der Waals surface area (Å²) in [5.41, 5.74) is 9.25. The number of hydrogen-bond donors (Lipinski definition) is 2. The van der Waals surface area contributed by atoms with Gasteiger partial charge in [0.15, 0.2) is 0 Å². The smallest absolute Gasteiger partial charge is 0.128 e. The van der Waals surface area contributed by atoms with Crippen molar-refractivity contribution in [3.05, 3.63) is 41.6 Å².